The molecule has 0 aromatic carbocycles. The van der Waals surface area contributed by atoms with Crippen LogP contribution in [0.25, 0.3) is 0 Å². The standard InChI is InChI=1S/C39H72N4O5/c1-6-8-9-10-11-12-13-14-15-16-17-18-19-20-26-40-30-32(5)21-23-36(44)43-35(28-31(3)4)39(47)42-34(22-24-37(45)48-7-2)29-33-25-27-41-38(33)46/h22,24,31-35,40H,6-21,23,25-30H2,1-5H3,(H,41,46)(H,42,47)(H,43,44). The molecule has 1 fully saturated rings. The summed E-state index contributed by atoms with van der Waals surface area (Å²) in [7, 11) is 0. The molecule has 0 radical (unpaired) electrons. The van der Waals surface area contributed by atoms with Crippen LogP contribution in [0.3, 0.4) is 0 Å². The Bertz CT molecular complexity index is 909. The molecule has 0 bridgehead atoms. The third-order valence-electron chi connectivity index (χ3n) is 9.20. The number of amides is 3. The minimum absolute atomic E-state index is 0.0472. The van der Waals surface area contributed by atoms with E-state index in [9.17, 15) is 19.2 Å². The third kappa shape index (κ3) is 23.0. The predicted octanol–water partition coefficient (Wildman–Crippen LogP) is 7.13. The second-order valence-corrected chi connectivity index (χ2v) is 14.4. The normalized spacial score (nSPS) is 16.5. The van der Waals surface area contributed by atoms with Crippen molar-refractivity contribution in [1.82, 2.24) is 21.3 Å². The highest BCUT2D eigenvalue weighted by molar-refractivity contribution is 5.88. The monoisotopic (exact) mass is 677 g/mol. The summed E-state index contributed by atoms with van der Waals surface area (Å²) >= 11 is 0. The molecule has 4 N–H and O–H groups in total. The molecule has 0 spiro atoms. The number of carbonyl (C=O) groups excluding carboxylic acids is 4. The lowest BCUT2D eigenvalue weighted by molar-refractivity contribution is -0.137. The van der Waals surface area contributed by atoms with E-state index in [1.807, 2.05) is 13.8 Å². The zero-order valence-corrected chi connectivity index (χ0v) is 31.3. The maximum atomic E-state index is 13.4. The van der Waals surface area contributed by atoms with Crippen LogP contribution in [-0.4, -0.2) is 62.0 Å². The molecule has 278 valence electrons. The molecule has 0 aromatic heterocycles. The summed E-state index contributed by atoms with van der Waals surface area (Å²) in [5.41, 5.74) is 0. The number of unbranched alkanes of at least 4 members (excludes halogenated alkanes) is 13. The third-order valence-corrected chi connectivity index (χ3v) is 9.20. The van der Waals surface area contributed by atoms with Crippen LogP contribution in [0.2, 0.25) is 0 Å². The topological polar surface area (TPSA) is 126 Å². The number of esters is 1. The lowest BCUT2D eigenvalue weighted by Crippen LogP contribution is -2.50. The molecular weight excluding hydrogens is 604 g/mol. The van der Waals surface area contributed by atoms with Gasteiger partial charge in [0.1, 0.15) is 6.04 Å². The van der Waals surface area contributed by atoms with Gasteiger partial charge < -0.3 is 26.0 Å². The van der Waals surface area contributed by atoms with Crippen LogP contribution in [0.5, 0.6) is 0 Å². The van der Waals surface area contributed by atoms with E-state index in [4.69, 9.17) is 4.74 Å². The molecule has 1 saturated heterocycles. The minimum Gasteiger partial charge on any atom is -0.463 e. The summed E-state index contributed by atoms with van der Waals surface area (Å²) in [6.45, 7) is 12.9. The van der Waals surface area contributed by atoms with Crippen molar-refractivity contribution in [3.05, 3.63) is 12.2 Å². The van der Waals surface area contributed by atoms with Gasteiger partial charge in [-0.25, -0.2) is 4.79 Å². The zero-order valence-electron chi connectivity index (χ0n) is 31.3. The van der Waals surface area contributed by atoms with E-state index in [-0.39, 0.29) is 36.2 Å². The minimum atomic E-state index is -0.692. The van der Waals surface area contributed by atoms with Gasteiger partial charge in [-0.2, -0.15) is 0 Å². The average molecular weight is 677 g/mol. The number of ether oxygens (including phenoxy) is 1. The van der Waals surface area contributed by atoms with Gasteiger partial charge >= 0.3 is 5.97 Å². The van der Waals surface area contributed by atoms with E-state index in [1.54, 1.807) is 13.0 Å². The Labute approximate surface area is 293 Å². The van der Waals surface area contributed by atoms with Crippen molar-refractivity contribution in [3.63, 3.8) is 0 Å². The molecule has 4 atom stereocenters. The molecule has 1 aliphatic rings. The Morgan fingerprint density at radius 2 is 1.48 bits per heavy atom. The Morgan fingerprint density at radius 1 is 0.875 bits per heavy atom. The maximum absolute atomic E-state index is 13.4. The van der Waals surface area contributed by atoms with Gasteiger partial charge in [-0.05, 0) is 64.0 Å². The molecular formula is C39H72N4O5. The fourth-order valence-corrected chi connectivity index (χ4v) is 6.27. The van der Waals surface area contributed by atoms with Crippen LogP contribution in [0.15, 0.2) is 12.2 Å². The van der Waals surface area contributed by atoms with E-state index in [0.29, 0.717) is 38.1 Å². The highest BCUT2D eigenvalue weighted by atomic mass is 16.5. The number of hydrogen-bond donors (Lipinski definition) is 4. The summed E-state index contributed by atoms with van der Waals surface area (Å²) in [5.74, 6) is -0.690. The first kappa shape index (κ1) is 43.6. The second kappa shape index (κ2) is 28.4. The highest BCUT2D eigenvalue weighted by Gasteiger charge is 2.29. The Kier molecular flexibility index (Phi) is 25.8. The van der Waals surface area contributed by atoms with Crippen LogP contribution in [0.4, 0.5) is 0 Å². The van der Waals surface area contributed by atoms with Crippen LogP contribution in [-0.2, 0) is 23.9 Å². The first-order valence-electron chi connectivity index (χ1n) is 19.6. The summed E-state index contributed by atoms with van der Waals surface area (Å²) in [6, 6.07) is -1.23. The van der Waals surface area contributed by atoms with Crippen molar-refractivity contribution in [3.8, 4) is 0 Å². The fraction of sp³-hybridized carbons (Fsp3) is 0.846. The second-order valence-electron chi connectivity index (χ2n) is 14.4. The van der Waals surface area contributed by atoms with E-state index in [0.717, 1.165) is 19.5 Å². The van der Waals surface area contributed by atoms with Gasteiger partial charge in [-0.15, -0.1) is 0 Å². The molecule has 0 saturated carbocycles. The van der Waals surface area contributed by atoms with Crippen LogP contribution < -0.4 is 21.3 Å². The Hall–Kier alpha value is -2.42. The average Bonchev–Trinajstić information content (AvgIpc) is 3.45. The van der Waals surface area contributed by atoms with E-state index in [2.05, 4.69) is 35.1 Å². The molecule has 3 amide bonds. The van der Waals surface area contributed by atoms with Gasteiger partial charge in [0.05, 0.1) is 6.61 Å². The first-order chi connectivity index (χ1) is 23.2. The molecule has 9 nitrogen and oxygen atoms in total. The smallest absolute Gasteiger partial charge is 0.330 e. The lowest BCUT2D eigenvalue weighted by atomic mass is 9.97. The maximum Gasteiger partial charge on any atom is 0.330 e. The largest absolute Gasteiger partial charge is 0.463 e. The SMILES string of the molecule is CCCCCCCCCCCCCCCCNCC(C)CCC(=O)NC(CC(C)C)C(=O)NC(C=CC(=O)OCC)CC1CCNC1=O. The molecule has 9 heteroatoms. The fourth-order valence-electron chi connectivity index (χ4n) is 6.27. The van der Waals surface area contributed by atoms with Gasteiger partial charge in [0.2, 0.25) is 17.7 Å². The summed E-state index contributed by atoms with van der Waals surface area (Å²) in [5, 5.41) is 12.3. The number of rotatable bonds is 30. The number of carbonyl (C=O) groups is 4. The summed E-state index contributed by atoms with van der Waals surface area (Å²) in [6.07, 6.45) is 24.6. The van der Waals surface area contributed by atoms with Crippen LogP contribution in [0.1, 0.15) is 157 Å². The lowest BCUT2D eigenvalue weighted by Gasteiger charge is -2.24. The van der Waals surface area contributed by atoms with Crippen molar-refractivity contribution in [2.24, 2.45) is 17.8 Å². The Balaban J connectivity index is 2.32. The van der Waals surface area contributed by atoms with Gasteiger partial charge in [-0.3, -0.25) is 14.4 Å². The van der Waals surface area contributed by atoms with Gasteiger partial charge in [-0.1, -0.05) is 117 Å². The molecule has 0 aliphatic carbocycles. The summed E-state index contributed by atoms with van der Waals surface area (Å²) in [4.78, 5) is 50.4. The highest BCUT2D eigenvalue weighted by Crippen LogP contribution is 2.18. The molecule has 1 aliphatic heterocycles. The van der Waals surface area contributed by atoms with Gasteiger partial charge in [0.15, 0.2) is 0 Å². The Morgan fingerprint density at radius 3 is 2.02 bits per heavy atom. The number of hydrogen-bond acceptors (Lipinski definition) is 6. The zero-order chi connectivity index (χ0) is 35.4. The number of nitrogens with one attached hydrogen (secondary N) is 4. The predicted molar refractivity (Wildman–Crippen MR) is 196 cm³/mol. The van der Waals surface area contributed by atoms with Crippen LogP contribution >= 0.6 is 0 Å². The van der Waals surface area contributed by atoms with E-state index < -0.39 is 18.1 Å². The van der Waals surface area contributed by atoms with Crippen molar-refractivity contribution in [2.75, 3.05) is 26.2 Å². The first-order valence-corrected chi connectivity index (χ1v) is 19.6. The van der Waals surface area contributed by atoms with E-state index >= 15 is 0 Å². The molecule has 0 aromatic rings. The quantitative estimate of drug-likeness (QED) is 0.0364. The summed E-state index contributed by atoms with van der Waals surface area (Å²) < 4.78 is 4.98. The molecule has 4 unspecified atom stereocenters. The van der Waals surface area contributed by atoms with Crippen molar-refractivity contribution < 1.29 is 23.9 Å². The van der Waals surface area contributed by atoms with Gasteiger partial charge in [0, 0.05) is 31.0 Å². The van der Waals surface area contributed by atoms with E-state index in [1.165, 1.54) is 96.0 Å². The van der Waals surface area contributed by atoms with Crippen LogP contribution in [0, 0.1) is 17.8 Å². The molecule has 1 heterocycles. The van der Waals surface area contributed by atoms with Gasteiger partial charge in [0.25, 0.3) is 0 Å². The molecule has 1 rings (SSSR count). The van der Waals surface area contributed by atoms with Crippen molar-refractivity contribution >= 4 is 23.7 Å². The molecule has 48 heavy (non-hydrogen) atoms. The van der Waals surface area contributed by atoms with Crippen molar-refractivity contribution in [2.45, 2.75) is 169 Å². The van der Waals surface area contributed by atoms with Crippen molar-refractivity contribution in [1.29, 1.82) is 0 Å².